The fourth-order valence-corrected chi connectivity index (χ4v) is 2.24. The molecule has 0 saturated carbocycles. The summed E-state index contributed by atoms with van der Waals surface area (Å²) in [5.74, 6) is -0.301. The first-order valence-corrected chi connectivity index (χ1v) is 5.59. The second-order valence-electron chi connectivity index (χ2n) is 4.33. The summed E-state index contributed by atoms with van der Waals surface area (Å²) in [6.07, 6.45) is 1.29. The predicted octanol–water partition coefficient (Wildman–Crippen LogP) is 2.36. The normalized spacial score (nSPS) is 19.2. The number of cyclic esters (lactones) is 1. The lowest BCUT2D eigenvalue weighted by Crippen LogP contribution is -2.26. The van der Waals surface area contributed by atoms with E-state index in [9.17, 15) is 9.90 Å². The number of fused-ring (bicyclic) bond motifs is 1. The maximum Gasteiger partial charge on any atom is 0.342 e. The van der Waals surface area contributed by atoms with Gasteiger partial charge in [-0.15, -0.1) is 0 Å². The predicted molar refractivity (Wildman–Crippen MR) is 60.8 cm³/mol. The van der Waals surface area contributed by atoms with E-state index in [1.807, 2.05) is 26.8 Å². The summed E-state index contributed by atoms with van der Waals surface area (Å²) >= 11 is 0. The highest BCUT2D eigenvalue weighted by Crippen LogP contribution is 2.34. The number of aromatic hydroxyl groups is 1. The third-order valence-corrected chi connectivity index (χ3v) is 3.09. The second-order valence-corrected chi connectivity index (χ2v) is 4.33. The highest BCUT2D eigenvalue weighted by molar-refractivity contribution is 5.96. The summed E-state index contributed by atoms with van der Waals surface area (Å²) in [5, 5.41) is 10.0. The highest BCUT2D eigenvalue weighted by atomic mass is 16.5. The fraction of sp³-hybridized carbons (Fsp3) is 0.462. The van der Waals surface area contributed by atoms with Crippen molar-refractivity contribution >= 4 is 5.97 Å². The first-order valence-electron chi connectivity index (χ1n) is 5.59. The van der Waals surface area contributed by atoms with E-state index < -0.39 is 5.97 Å². The molecule has 3 nitrogen and oxygen atoms in total. The van der Waals surface area contributed by atoms with Crippen molar-refractivity contribution in [3.63, 3.8) is 0 Å². The van der Waals surface area contributed by atoms with Gasteiger partial charge in [0.2, 0.25) is 0 Å². The lowest BCUT2D eigenvalue weighted by molar-refractivity contribution is 0.0296. The van der Waals surface area contributed by atoms with Crippen LogP contribution in [0.15, 0.2) is 6.07 Å². The van der Waals surface area contributed by atoms with Crippen molar-refractivity contribution in [2.45, 2.75) is 39.7 Å². The maximum atomic E-state index is 11.8. The van der Waals surface area contributed by atoms with E-state index in [2.05, 4.69) is 0 Å². The van der Waals surface area contributed by atoms with Crippen LogP contribution in [0.25, 0.3) is 0 Å². The van der Waals surface area contributed by atoms with Crippen LogP contribution in [0.4, 0.5) is 0 Å². The molecule has 16 heavy (non-hydrogen) atoms. The number of phenols is 1. The Morgan fingerprint density at radius 3 is 2.88 bits per heavy atom. The van der Waals surface area contributed by atoms with Crippen molar-refractivity contribution in [2.24, 2.45) is 0 Å². The van der Waals surface area contributed by atoms with E-state index in [0.717, 1.165) is 16.7 Å². The summed E-state index contributed by atoms with van der Waals surface area (Å²) in [7, 11) is 0. The first kappa shape index (κ1) is 11.0. The Morgan fingerprint density at radius 2 is 2.25 bits per heavy atom. The Kier molecular flexibility index (Phi) is 2.62. The molecule has 1 heterocycles. The second kappa shape index (κ2) is 3.81. The summed E-state index contributed by atoms with van der Waals surface area (Å²) < 4.78 is 5.15. The molecule has 86 valence electrons. The molecule has 0 spiro atoms. The third-order valence-electron chi connectivity index (χ3n) is 3.09. The third kappa shape index (κ3) is 1.56. The molecule has 0 aliphatic carbocycles. The molecule has 0 saturated heterocycles. The van der Waals surface area contributed by atoms with Gasteiger partial charge in [0.1, 0.15) is 17.4 Å². The van der Waals surface area contributed by atoms with Crippen LogP contribution in [0.5, 0.6) is 5.75 Å². The smallest absolute Gasteiger partial charge is 0.342 e. The number of aryl methyl sites for hydroxylation is 2. The summed E-state index contributed by atoms with van der Waals surface area (Å²) in [6, 6.07) is 1.96. The summed E-state index contributed by atoms with van der Waals surface area (Å²) in [4.78, 5) is 11.8. The van der Waals surface area contributed by atoms with Gasteiger partial charge >= 0.3 is 5.97 Å². The molecule has 3 heteroatoms. The zero-order valence-electron chi connectivity index (χ0n) is 9.83. The van der Waals surface area contributed by atoms with E-state index in [1.165, 1.54) is 0 Å². The molecular weight excluding hydrogens is 204 g/mol. The minimum Gasteiger partial charge on any atom is -0.507 e. The van der Waals surface area contributed by atoms with Crippen molar-refractivity contribution in [3.05, 3.63) is 28.3 Å². The van der Waals surface area contributed by atoms with Crippen molar-refractivity contribution in [2.75, 3.05) is 0 Å². The van der Waals surface area contributed by atoms with E-state index in [1.54, 1.807) is 0 Å². The highest BCUT2D eigenvalue weighted by Gasteiger charge is 2.29. The molecule has 1 atom stereocenters. The Labute approximate surface area is 95.0 Å². The lowest BCUT2D eigenvalue weighted by atomic mass is 9.91. The van der Waals surface area contributed by atoms with Gasteiger partial charge in [-0.3, -0.25) is 0 Å². The number of phenolic OH excluding ortho intramolecular Hbond substituents is 1. The molecule has 2 rings (SSSR count). The van der Waals surface area contributed by atoms with Crippen LogP contribution >= 0.6 is 0 Å². The van der Waals surface area contributed by atoms with Gasteiger partial charge in [-0.2, -0.15) is 0 Å². The van der Waals surface area contributed by atoms with Crippen LogP contribution in [0, 0.1) is 6.92 Å². The van der Waals surface area contributed by atoms with Gasteiger partial charge < -0.3 is 9.84 Å². The zero-order valence-corrected chi connectivity index (χ0v) is 9.83. The van der Waals surface area contributed by atoms with Crippen LogP contribution in [-0.4, -0.2) is 17.2 Å². The minimum absolute atomic E-state index is 0.0972. The topological polar surface area (TPSA) is 46.5 Å². The molecule has 0 fully saturated rings. The van der Waals surface area contributed by atoms with Crippen LogP contribution < -0.4 is 0 Å². The van der Waals surface area contributed by atoms with Crippen molar-refractivity contribution in [1.29, 1.82) is 0 Å². The number of carbonyl (C=O) groups is 1. The summed E-state index contributed by atoms with van der Waals surface area (Å²) in [5.41, 5.74) is 3.17. The largest absolute Gasteiger partial charge is 0.507 e. The minimum atomic E-state index is -0.398. The number of hydrogen-bond acceptors (Lipinski definition) is 3. The molecule has 1 aliphatic heterocycles. The Morgan fingerprint density at radius 1 is 1.56 bits per heavy atom. The quantitative estimate of drug-likeness (QED) is 0.739. The van der Waals surface area contributed by atoms with Crippen molar-refractivity contribution in [1.82, 2.24) is 0 Å². The number of ether oxygens (including phenoxy) is 1. The number of carbonyl (C=O) groups excluding carboxylic acids is 1. The van der Waals surface area contributed by atoms with Crippen molar-refractivity contribution in [3.8, 4) is 5.75 Å². The van der Waals surface area contributed by atoms with Crippen molar-refractivity contribution < 1.29 is 14.6 Å². The molecule has 1 aromatic rings. The zero-order chi connectivity index (χ0) is 11.9. The number of benzene rings is 1. The molecule has 0 unspecified atom stereocenters. The van der Waals surface area contributed by atoms with E-state index >= 15 is 0 Å². The van der Waals surface area contributed by atoms with E-state index in [4.69, 9.17) is 4.74 Å². The van der Waals surface area contributed by atoms with Gasteiger partial charge in [0.15, 0.2) is 0 Å². The van der Waals surface area contributed by atoms with Gasteiger partial charge in [0, 0.05) is 6.42 Å². The SMILES string of the molecule is CCc1cc(C)c2c(c1O)C(=O)O[C@H](C)C2. The molecule has 0 radical (unpaired) electrons. The molecule has 1 N–H and O–H groups in total. The van der Waals surface area contributed by atoms with E-state index in [0.29, 0.717) is 18.4 Å². The molecule has 0 bridgehead atoms. The summed E-state index contributed by atoms with van der Waals surface area (Å²) in [6.45, 7) is 5.80. The average Bonchev–Trinajstić information content (AvgIpc) is 2.22. The van der Waals surface area contributed by atoms with Gasteiger partial charge in [-0.25, -0.2) is 4.79 Å². The van der Waals surface area contributed by atoms with Gasteiger partial charge in [0.25, 0.3) is 0 Å². The molecule has 0 amide bonds. The Balaban J connectivity index is 2.66. The molecule has 0 aromatic heterocycles. The van der Waals surface area contributed by atoms with Crippen LogP contribution in [-0.2, 0) is 17.6 Å². The van der Waals surface area contributed by atoms with Crippen LogP contribution in [0.3, 0.4) is 0 Å². The first-order chi connectivity index (χ1) is 7.54. The monoisotopic (exact) mass is 220 g/mol. The van der Waals surface area contributed by atoms with Gasteiger partial charge in [0.05, 0.1) is 0 Å². The average molecular weight is 220 g/mol. The van der Waals surface area contributed by atoms with E-state index in [-0.39, 0.29) is 11.9 Å². The van der Waals surface area contributed by atoms with Gasteiger partial charge in [-0.1, -0.05) is 13.0 Å². The number of hydrogen-bond donors (Lipinski definition) is 1. The lowest BCUT2D eigenvalue weighted by Gasteiger charge is -2.25. The van der Waals surface area contributed by atoms with Crippen LogP contribution in [0.2, 0.25) is 0 Å². The Bertz CT molecular complexity index is 449. The number of rotatable bonds is 1. The van der Waals surface area contributed by atoms with Gasteiger partial charge in [-0.05, 0) is 37.0 Å². The molecule has 1 aliphatic rings. The molecular formula is C13H16O3. The Hall–Kier alpha value is -1.51. The molecule has 1 aromatic carbocycles. The fourth-order valence-electron chi connectivity index (χ4n) is 2.24. The standard InChI is InChI=1S/C13H16O3/c1-4-9-5-7(2)10-6-8(3)16-13(15)11(10)12(9)14/h5,8,14H,4,6H2,1-3H3/t8-/m1/s1. The maximum absolute atomic E-state index is 11.8. The van der Waals surface area contributed by atoms with Crippen LogP contribution in [0.1, 0.15) is 40.9 Å². The number of esters is 1.